The molecule has 0 amide bonds. The maximum atomic E-state index is 4.53. The Morgan fingerprint density at radius 1 is 1.59 bits per heavy atom. The monoisotopic (exact) mass is 271 g/mol. The van der Waals surface area contributed by atoms with Crippen LogP contribution in [0.4, 0.5) is 5.13 Å². The van der Waals surface area contributed by atoms with E-state index < -0.39 is 0 Å². The van der Waals surface area contributed by atoms with Crippen molar-refractivity contribution >= 4 is 28.2 Å². The quantitative estimate of drug-likeness (QED) is 0.805. The number of thiazole rings is 1. The Morgan fingerprint density at radius 2 is 2.47 bits per heavy atom. The summed E-state index contributed by atoms with van der Waals surface area (Å²) in [6, 6.07) is 0.683. The molecule has 1 fully saturated rings. The maximum absolute atomic E-state index is 4.53. The lowest BCUT2D eigenvalue weighted by Gasteiger charge is -2.22. The molecule has 0 aliphatic carbocycles. The Balaban J connectivity index is 1.88. The van der Waals surface area contributed by atoms with Gasteiger partial charge in [0.05, 0.1) is 0 Å². The molecular formula is C12H21N3S2. The normalized spacial score (nSPS) is 19.8. The first-order chi connectivity index (χ1) is 8.31. The van der Waals surface area contributed by atoms with Gasteiger partial charge in [-0.2, -0.15) is 11.8 Å². The van der Waals surface area contributed by atoms with E-state index in [9.17, 15) is 0 Å². The van der Waals surface area contributed by atoms with Gasteiger partial charge in [0, 0.05) is 36.5 Å². The molecular weight excluding hydrogens is 250 g/mol. The molecule has 2 heterocycles. The van der Waals surface area contributed by atoms with Gasteiger partial charge in [0.2, 0.25) is 0 Å². The number of rotatable bonds is 6. The van der Waals surface area contributed by atoms with E-state index in [2.05, 4.69) is 40.9 Å². The van der Waals surface area contributed by atoms with Gasteiger partial charge in [0.15, 0.2) is 5.13 Å². The van der Waals surface area contributed by atoms with Crippen molar-refractivity contribution in [1.82, 2.24) is 10.3 Å². The van der Waals surface area contributed by atoms with Gasteiger partial charge in [-0.1, -0.05) is 6.92 Å². The van der Waals surface area contributed by atoms with Gasteiger partial charge in [0.1, 0.15) is 0 Å². The summed E-state index contributed by atoms with van der Waals surface area (Å²) >= 11 is 3.87. The Labute approximate surface area is 112 Å². The number of nitrogens with zero attached hydrogens (tertiary/aromatic N) is 2. The minimum Gasteiger partial charge on any atom is -0.347 e. The van der Waals surface area contributed by atoms with Crippen molar-refractivity contribution in [2.45, 2.75) is 32.4 Å². The topological polar surface area (TPSA) is 28.2 Å². The summed E-state index contributed by atoms with van der Waals surface area (Å²) in [6.45, 7) is 4.23. The van der Waals surface area contributed by atoms with Crippen LogP contribution in [0.3, 0.4) is 0 Å². The molecule has 0 bridgehead atoms. The van der Waals surface area contributed by atoms with E-state index in [1.807, 2.05) is 17.5 Å². The van der Waals surface area contributed by atoms with Crippen LogP contribution < -0.4 is 10.2 Å². The molecule has 3 nitrogen and oxygen atoms in total. The van der Waals surface area contributed by atoms with Crippen LogP contribution >= 0.6 is 23.1 Å². The fraction of sp³-hybridized carbons (Fsp3) is 0.750. The highest BCUT2D eigenvalue weighted by atomic mass is 32.2. The summed E-state index contributed by atoms with van der Waals surface area (Å²) in [5.74, 6) is 2.55. The van der Waals surface area contributed by atoms with Crippen molar-refractivity contribution in [1.29, 1.82) is 0 Å². The zero-order valence-electron chi connectivity index (χ0n) is 10.6. The number of nitrogens with one attached hydrogen (secondary N) is 1. The van der Waals surface area contributed by atoms with Gasteiger partial charge in [-0.15, -0.1) is 11.3 Å². The van der Waals surface area contributed by atoms with Crippen molar-refractivity contribution in [2.75, 3.05) is 30.0 Å². The lowest BCUT2D eigenvalue weighted by atomic mass is 10.2. The number of hydrogen-bond acceptors (Lipinski definition) is 5. The zero-order chi connectivity index (χ0) is 12.1. The highest BCUT2D eigenvalue weighted by Gasteiger charge is 2.22. The van der Waals surface area contributed by atoms with Gasteiger partial charge >= 0.3 is 0 Å². The molecule has 1 N–H and O–H groups in total. The highest BCUT2D eigenvalue weighted by molar-refractivity contribution is 7.99. The number of aromatic nitrogens is 1. The van der Waals surface area contributed by atoms with Crippen LogP contribution in [0.25, 0.3) is 0 Å². The Hall–Kier alpha value is -0.260. The minimum atomic E-state index is 0.683. The molecule has 17 heavy (non-hydrogen) atoms. The van der Waals surface area contributed by atoms with Crippen molar-refractivity contribution in [3.63, 3.8) is 0 Å². The molecule has 0 saturated carbocycles. The summed E-state index contributed by atoms with van der Waals surface area (Å²) < 4.78 is 0. The molecule has 0 radical (unpaired) electrons. The molecule has 0 aromatic carbocycles. The standard InChI is InChI=1S/C12H21N3S2/c1-3-5-13-7-11-8-14-12(17-11)15(2)10-4-6-16-9-10/h8,10,13H,3-7,9H2,1-2H3. The van der Waals surface area contributed by atoms with Crippen molar-refractivity contribution in [3.05, 3.63) is 11.1 Å². The van der Waals surface area contributed by atoms with Gasteiger partial charge in [-0.25, -0.2) is 4.98 Å². The predicted octanol–water partition coefficient (Wildman–Crippen LogP) is 2.58. The van der Waals surface area contributed by atoms with E-state index in [0.717, 1.165) is 13.1 Å². The lowest BCUT2D eigenvalue weighted by molar-refractivity contribution is 0.681. The second kappa shape index (κ2) is 6.61. The lowest BCUT2D eigenvalue weighted by Crippen LogP contribution is -2.30. The molecule has 1 aliphatic rings. The van der Waals surface area contributed by atoms with Gasteiger partial charge in [0.25, 0.3) is 0 Å². The van der Waals surface area contributed by atoms with Crippen LogP contribution in [0.2, 0.25) is 0 Å². The van der Waals surface area contributed by atoms with Crippen LogP contribution in [0.15, 0.2) is 6.20 Å². The van der Waals surface area contributed by atoms with Crippen molar-refractivity contribution in [2.24, 2.45) is 0 Å². The highest BCUT2D eigenvalue weighted by Crippen LogP contribution is 2.28. The summed E-state index contributed by atoms with van der Waals surface area (Å²) in [5, 5.41) is 4.59. The molecule has 1 aromatic heterocycles. The molecule has 5 heteroatoms. The predicted molar refractivity (Wildman–Crippen MR) is 78.2 cm³/mol. The number of anilines is 1. The summed E-state index contributed by atoms with van der Waals surface area (Å²) in [4.78, 5) is 8.23. The number of hydrogen-bond donors (Lipinski definition) is 1. The molecule has 1 atom stereocenters. The van der Waals surface area contributed by atoms with E-state index >= 15 is 0 Å². The average molecular weight is 271 g/mol. The van der Waals surface area contributed by atoms with E-state index in [1.165, 1.54) is 34.4 Å². The second-order valence-electron chi connectivity index (χ2n) is 4.41. The molecule has 1 saturated heterocycles. The molecule has 0 spiro atoms. The molecule has 2 rings (SSSR count). The smallest absolute Gasteiger partial charge is 0.185 e. The van der Waals surface area contributed by atoms with Crippen molar-refractivity contribution in [3.8, 4) is 0 Å². The molecule has 1 unspecified atom stereocenters. The van der Waals surface area contributed by atoms with Crippen molar-refractivity contribution < 1.29 is 0 Å². The average Bonchev–Trinajstić information content (AvgIpc) is 3.00. The van der Waals surface area contributed by atoms with Crippen LogP contribution in [0.5, 0.6) is 0 Å². The molecule has 96 valence electrons. The van der Waals surface area contributed by atoms with E-state index in [0.29, 0.717) is 6.04 Å². The van der Waals surface area contributed by atoms with Gasteiger partial charge < -0.3 is 10.2 Å². The fourth-order valence-corrected chi connectivity index (χ4v) is 4.09. The van der Waals surface area contributed by atoms with E-state index in [4.69, 9.17) is 0 Å². The summed E-state index contributed by atoms with van der Waals surface area (Å²) in [5.41, 5.74) is 0. The van der Waals surface area contributed by atoms with Gasteiger partial charge in [-0.05, 0) is 25.1 Å². The fourth-order valence-electron chi connectivity index (χ4n) is 1.91. The second-order valence-corrected chi connectivity index (χ2v) is 6.66. The zero-order valence-corrected chi connectivity index (χ0v) is 12.2. The Kier molecular flexibility index (Phi) is 5.13. The SMILES string of the molecule is CCCNCc1cnc(N(C)C2CCSC2)s1. The largest absolute Gasteiger partial charge is 0.347 e. The van der Waals surface area contributed by atoms with E-state index in [-0.39, 0.29) is 0 Å². The third kappa shape index (κ3) is 3.60. The maximum Gasteiger partial charge on any atom is 0.185 e. The summed E-state index contributed by atoms with van der Waals surface area (Å²) in [7, 11) is 2.18. The Morgan fingerprint density at radius 3 is 3.18 bits per heavy atom. The third-order valence-electron chi connectivity index (χ3n) is 3.02. The first-order valence-corrected chi connectivity index (χ1v) is 8.24. The van der Waals surface area contributed by atoms with Crippen LogP contribution in [0, 0.1) is 0 Å². The summed E-state index contributed by atoms with van der Waals surface area (Å²) in [6.07, 6.45) is 4.50. The van der Waals surface area contributed by atoms with Crippen LogP contribution in [-0.4, -0.2) is 36.1 Å². The van der Waals surface area contributed by atoms with Gasteiger partial charge in [-0.3, -0.25) is 0 Å². The molecule has 1 aromatic rings. The Bertz CT molecular complexity index is 334. The minimum absolute atomic E-state index is 0.683. The van der Waals surface area contributed by atoms with Crippen LogP contribution in [0.1, 0.15) is 24.6 Å². The van der Waals surface area contributed by atoms with E-state index in [1.54, 1.807) is 0 Å². The first-order valence-electron chi connectivity index (χ1n) is 6.27. The number of thioether (sulfide) groups is 1. The third-order valence-corrected chi connectivity index (χ3v) is 5.26. The molecule has 1 aliphatic heterocycles. The van der Waals surface area contributed by atoms with Crippen LogP contribution in [-0.2, 0) is 6.54 Å². The first kappa shape index (κ1) is 13.2.